The number of pyridine rings is 1. The topological polar surface area (TPSA) is 54.5 Å². The third kappa shape index (κ3) is 6.04. The second-order valence-electron chi connectivity index (χ2n) is 7.29. The van der Waals surface area contributed by atoms with Crippen molar-refractivity contribution in [2.75, 3.05) is 24.9 Å². The van der Waals surface area contributed by atoms with Crippen LogP contribution >= 0.6 is 11.9 Å². The predicted octanol–water partition coefficient (Wildman–Crippen LogP) is 6.26. The van der Waals surface area contributed by atoms with Gasteiger partial charge in [0.25, 0.3) is 5.91 Å². The first kappa shape index (κ1) is 23.7. The van der Waals surface area contributed by atoms with E-state index in [-0.39, 0.29) is 5.91 Å². The first-order valence-corrected chi connectivity index (χ1v) is 11.9. The summed E-state index contributed by atoms with van der Waals surface area (Å²) in [7, 11) is 1.61. The molecule has 0 aliphatic carbocycles. The largest absolute Gasteiger partial charge is 0.495 e. The lowest BCUT2D eigenvalue weighted by Gasteiger charge is -2.32. The number of carbonyl (C=O) groups excluding carboxylic acids is 1. The molecule has 0 atom stereocenters. The van der Waals surface area contributed by atoms with Gasteiger partial charge in [0.15, 0.2) is 0 Å². The van der Waals surface area contributed by atoms with Crippen molar-refractivity contribution in [3.63, 3.8) is 0 Å². The van der Waals surface area contributed by atoms with Crippen LogP contribution in [0.1, 0.15) is 48.5 Å². The van der Waals surface area contributed by atoms with Crippen LogP contribution in [0.3, 0.4) is 0 Å². The average molecular weight is 450 g/mol. The molecular weight excluding hydrogens is 418 g/mol. The quantitative estimate of drug-likeness (QED) is 0.451. The van der Waals surface area contributed by atoms with Crippen molar-refractivity contribution in [2.24, 2.45) is 0 Å². The molecule has 1 aliphatic heterocycles. The molecule has 1 amide bonds. The molecule has 2 heterocycles. The minimum atomic E-state index is 0.0928. The smallest absolute Gasteiger partial charge is 0.255 e. The number of anilines is 1. The van der Waals surface area contributed by atoms with Crippen molar-refractivity contribution >= 4 is 23.5 Å². The Morgan fingerprint density at radius 2 is 1.72 bits per heavy atom. The number of carbonyl (C=O) groups is 1. The zero-order chi connectivity index (χ0) is 22.8. The summed E-state index contributed by atoms with van der Waals surface area (Å²) in [6.45, 7) is 5.56. The molecule has 1 N–H and O–H groups in total. The van der Waals surface area contributed by atoms with Crippen molar-refractivity contribution in [1.82, 2.24) is 9.88 Å². The average Bonchev–Trinajstić information content (AvgIpc) is 2.89. The maximum Gasteiger partial charge on any atom is 0.255 e. The lowest BCUT2D eigenvalue weighted by atomic mass is 9.89. The molecule has 1 fully saturated rings. The Bertz CT molecular complexity index is 989. The molecule has 0 saturated carbocycles. The van der Waals surface area contributed by atoms with E-state index in [2.05, 4.69) is 34.0 Å². The van der Waals surface area contributed by atoms with Crippen molar-refractivity contribution in [1.29, 1.82) is 0 Å². The maximum absolute atomic E-state index is 13.2. The predicted molar refractivity (Wildman–Crippen MR) is 132 cm³/mol. The molecule has 1 aromatic heterocycles. The molecule has 3 aromatic rings. The van der Waals surface area contributed by atoms with Gasteiger partial charge < -0.3 is 14.4 Å². The molecular formula is C26H31N3O2S. The Labute approximate surface area is 195 Å². The monoisotopic (exact) mass is 449 g/mol. The summed E-state index contributed by atoms with van der Waals surface area (Å²) in [5.41, 5.74) is 2.92. The summed E-state index contributed by atoms with van der Waals surface area (Å²) in [6, 6.07) is 20.2. The van der Waals surface area contributed by atoms with E-state index < -0.39 is 0 Å². The number of amides is 1. The molecule has 32 heavy (non-hydrogen) atoms. The van der Waals surface area contributed by atoms with Gasteiger partial charge in [-0.05, 0) is 48.4 Å². The van der Waals surface area contributed by atoms with Crippen molar-refractivity contribution in [3.8, 4) is 5.75 Å². The van der Waals surface area contributed by atoms with Crippen LogP contribution in [0.25, 0.3) is 0 Å². The van der Waals surface area contributed by atoms with Gasteiger partial charge in [0.05, 0.1) is 30.8 Å². The Hall–Kier alpha value is -2.99. The molecule has 0 unspecified atom stereocenters. The van der Waals surface area contributed by atoms with Gasteiger partial charge in [-0.3, -0.25) is 9.78 Å². The third-order valence-electron chi connectivity index (χ3n) is 5.40. The van der Waals surface area contributed by atoms with Crippen molar-refractivity contribution in [2.45, 2.75) is 37.5 Å². The van der Waals surface area contributed by atoms with E-state index in [1.54, 1.807) is 19.5 Å². The van der Waals surface area contributed by atoms with Crippen LogP contribution in [0, 0.1) is 0 Å². The fourth-order valence-electron chi connectivity index (χ4n) is 3.74. The first-order valence-electron chi connectivity index (χ1n) is 11.1. The summed E-state index contributed by atoms with van der Waals surface area (Å²) in [6.07, 6.45) is 5.39. The normalized spacial score (nSPS) is 13.7. The standard InChI is InChI=1S/C24H25N3O2S.C2H6/c1-29-21-15-20(16-25-17-21)26-30-23-10-6-5-9-22(23)24(28)27-13-11-19(12-14-27)18-7-3-2-4-8-18;1-2/h2-10,15-17,19,26H,11-14H2,1H3;1-2H3. The molecule has 5 nitrogen and oxygen atoms in total. The number of hydrogen-bond donors (Lipinski definition) is 1. The van der Waals surface area contributed by atoms with Gasteiger partial charge in [0.2, 0.25) is 0 Å². The Morgan fingerprint density at radius 1 is 1.03 bits per heavy atom. The van der Waals surface area contributed by atoms with Crippen LogP contribution < -0.4 is 9.46 Å². The summed E-state index contributed by atoms with van der Waals surface area (Å²) >= 11 is 1.42. The van der Waals surface area contributed by atoms with Crippen LogP contribution in [0.15, 0.2) is 78.0 Å². The van der Waals surface area contributed by atoms with Gasteiger partial charge in [-0.25, -0.2) is 0 Å². The molecule has 0 radical (unpaired) electrons. The molecule has 2 aromatic carbocycles. The number of benzene rings is 2. The Kier molecular flexibility index (Phi) is 8.99. The highest BCUT2D eigenvalue weighted by Gasteiger charge is 2.25. The minimum Gasteiger partial charge on any atom is -0.495 e. The zero-order valence-corrected chi connectivity index (χ0v) is 19.8. The summed E-state index contributed by atoms with van der Waals surface area (Å²) in [4.78, 5) is 20.3. The summed E-state index contributed by atoms with van der Waals surface area (Å²) < 4.78 is 8.48. The van der Waals surface area contributed by atoms with Gasteiger partial charge in [0, 0.05) is 24.1 Å². The Morgan fingerprint density at radius 3 is 2.44 bits per heavy atom. The van der Waals surface area contributed by atoms with Crippen LogP contribution in [0.4, 0.5) is 5.69 Å². The van der Waals surface area contributed by atoms with Gasteiger partial charge in [0.1, 0.15) is 5.75 Å². The van der Waals surface area contributed by atoms with Crippen LogP contribution in [-0.2, 0) is 0 Å². The number of ether oxygens (including phenoxy) is 1. The van der Waals surface area contributed by atoms with Crippen LogP contribution in [0.5, 0.6) is 5.75 Å². The second kappa shape index (κ2) is 12.2. The van der Waals surface area contributed by atoms with Crippen molar-refractivity contribution in [3.05, 3.63) is 84.2 Å². The number of hydrogen-bond acceptors (Lipinski definition) is 5. The van der Waals surface area contributed by atoms with Crippen molar-refractivity contribution < 1.29 is 9.53 Å². The number of methoxy groups -OCH3 is 1. The highest BCUT2D eigenvalue weighted by atomic mass is 32.2. The minimum absolute atomic E-state index is 0.0928. The number of likely N-dealkylation sites (tertiary alicyclic amines) is 1. The number of aromatic nitrogens is 1. The lowest BCUT2D eigenvalue weighted by Crippen LogP contribution is -2.38. The van der Waals surface area contributed by atoms with E-state index in [9.17, 15) is 4.79 Å². The summed E-state index contributed by atoms with van der Waals surface area (Å²) in [5, 5.41) is 0. The fraction of sp³-hybridized carbons (Fsp3) is 0.308. The van der Waals surface area contributed by atoms with E-state index in [1.807, 2.05) is 55.1 Å². The maximum atomic E-state index is 13.2. The van der Waals surface area contributed by atoms with Crippen LogP contribution in [-0.4, -0.2) is 36.0 Å². The Balaban J connectivity index is 0.00000141. The number of nitrogens with zero attached hydrogens (tertiary/aromatic N) is 2. The van der Waals surface area contributed by atoms with E-state index in [0.717, 1.165) is 42.1 Å². The lowest BCUT2D eigenvalue weighted by molar-refractivity contribution is 0.0709. The molecule has 0 bridgehead atoms. The van der Waals surface area contributed by atoms with Gasteiger partial charge in [-0.2, -0.15) is 0 Å². The molecule has 4 rings (SSSR count). The molecule has 1 saturated heterocycles. The third-order valence-corrected chi connectivity index (χ3v) is 6.31. The number of nitrogens with one attached hydrogen (secondary N) is 1. The molecule has 1 aliphatic rings. The number of piperidine rings is 1. The highest BCUT2D eigenvalue weighted by molar-refractivity contribution is 8.00. The first-order chi connectivity index (χ1) is 15.7. The van der Waals surface area contributed by atoms with E-state index in [1.165, 1.54) is 17.5 Å². The highest BCUT2D eigenvalue weighted by Crippen LogP contribution is 2.31. The van der Waals surface area contributed by atoms with Gasteiger partial charge in [-0.15, -0.1) is 0 Å². The molecule has 168 valence electrons. The van der Waals surface area contributed by atoms with E-state index in [0.29, 0.717) is 11.7 Å². The van der Waals surface area contributed by atoms with E-state index in [4.69, 9.17) is 4.74 Å². The van der Waals surface area contributed by atoms with E-state index >= 15 is 0 Å². The van der Waals surface area contributed by atoms with Gasteiger partial charge >= 0.3 is 0 Å². The SMILES string of the molecule is CC.COc1cncc(NSc2ccccc2C(=O)N2CCC(c3ccccc3)CC2)c1. The summed E-state index contributed by atoms with van der Waals surface area (Å²) in [5.74, 6) is 1.31. The van der Waals surface area contributed by atoms with Crippen LogP contribution in [0.2, 0.25) is 0 Å². The number of rotatable bonds is 6. The fourth-order valence-corrected chi connectivity index (χ4v) is 4.50. The second-order valence-corrected chi connectivity index (χ2v) is 8.14. The molecule has 6 heteroatoms. The zero-order valence-electron chi connectivity index (χ0n) is 19.0. The van der Waals surface area contributed by atoms with Gasteiger partial charge in [-0.1, -0.05) is 56.3 Å². The molecule has 0 spiro atoms.